The number of fused-ring (bicyclic) bond motifs is 1. The fourth-order valence-electron chi connectivity index (χ4n) is 3.03. The maximum Gasteiger partial charge on any atom is 0.330 e. The topological polar surface area (TPSA) is 66.4 Å². The first-order valence-corrected chi connectivity index (χ1v) is 8.54. The number of thioether (sulfide) groups is 1. The van der Waals surface area contributed by atoms with Crippen molar-refractivity contribution in [2.45, 2.75) is 23.3 Å². The molecule has 0 saturated heterocycles. The molecule has 118 valence electrons. The number of carboxylic acid groups (broad SMARTS) is 1. The molecule has 3 rings (SSSR count). The molecule has 0 fully saturated rings. The second-order valence-corrected chi connectivity index (χ2v) is 6.51. The molecule has 2 N–H and O–H groups in total. The Hall–Kier alpha value is -2.27. The minimum atomic E-state index is -1.27. The number of carbonyl (C=O) groups excluding carboxylic acids is 1. The smallest absolute Gasteiger partial charge is 0.330 e. The van der Waals surface area contributed by atoms with Crippen molar-refractivity contribution >= 4 is 23.6 Å². The Kier molecular flexibility index (Phi) is 4.13. The molecule has 4 nitrogen and oxygen atoms in total. The van der Waals surface area contributed by atoms with Crippen molar-refractivity contribution in [1.82, 2.24) is 5.32 Å². The maximum absolute atomic E-state index is 12.7. The van der Waals surface area contributed by atoms with E-state index in [2.05, 4.69) is 5.32 Å². The van der Waals surface area contributed by atoms with Crippen LogP contribution in [-0.2, 0) is 17.6 Å². The van der Waals surface area contributed by atoms with E-state index in [4.69, 9.17) is 0 Å². The van der Waals surface area contributed by atoms with E-state index >= 15 is 0 Å². The molecule has 1 amide bonds. The zero-order valence-corrected chi connectivity index (χ0v) is 13.5. The molecule has 1 aliphatic carbocycles. The molecule has 0 aliphatic heterocycles. The normalized spacial score (nSPS) is 15.0. The number of hydrogen-bond donors (Lipinski definition) is 2. The van der Waals surface area contributed by atoms with Crippen molar-refractivity contribution in [1.29, 1.82) is 0 Å². The minimum absolute atomic E-state index is 0.311. The summed E-state index contributed by atoms with van der Waals surface area (Å²) in [5.74, 6) is -1.34. The summed E-state index contributed by atoms with van der Waals surface area (Å²) in [6, 6.07) is 14.8. The first-order chi connectivity index (χ1) is 11.1. The van der Waals surface area contributed by atoms with Crippen molar-refractivity contribution in [3.8, 4) is 0 Å². The van der Waals surface area contributed by atoms with E-state index in [1.807, 2.05) is 42.7 Å². The summed E-state index contributed by atoms with van der Waals surface area (Å²) >= 11 is 1.47. The molecule has 0 radical (unpaired) electrons. The minimum Gasteiger partial charge on any atom is -0.479 e. The number of nitrogens with one attached hydrogen (secondary N) is 1. The Morgan fingerprint density at radius 2 is 1.61 bits per heavy atom. The van der Waals surface area contributed by atoms with Crippen LogP contribution in [0.3, 0.4) is 0 Å². The van der Waals surface area contributed by atoms with Gasteiger partial charge in [0.25, 0.3) is 5.91 Å². The van der Waals surface area contributed by atoms with E-state index in [0.717, 1.165) is 16.0 Å². The van der Waals surface area contributed by atoms with Gasteiger partial charge in [0.05, 0.1) is 5.56 Å². The van der Waals surface area contributed by atoms with Gasteiger partial charge in [-0.05, 0) is 29.5 Å². The molecule has 0 bridgehead atoms. The maximum atomic E-state index is 12.7. The van der Waals surface area contributed by atoms with Crippen LogP contribution in [0.4, 0.5) is 0 Å². The summed E-state index contributed by atoms with van der Waals surface area (Å²) in [6.07, 6.45) is 2.52. The van der Waals surface area contributed by atoms with Crippen LogP contribution in [0, 0.1) is 0 Å². The van der Waals surface area contributed by atoms with E-state index in [0.29, 0.717) is 18.4 Å². The standard InChI is InChI=1S/C18H17NO3S/c1-23-15-9-5-4-8-14(15)16(20)19-18(17(21)22)10-12-6-2-3-7-13(12)11-18/h2-9H,10-11H2,1H3,(H,19,20)(H,21,22). The van der Waals surface area contributed by atoms with E-state index in [1.54, 1.807) is 12.1 Å². The fraction of sp³-hybridized carbons (Fsp3) is 0.222. The molecule has 0 heterocycles. The van der Waals surface area contributed by atoms with Gasteiger partial charge in [-0.2, -0.15) is 0 Å². The van der Waals surface area contributed by atoms with Crippen molar-refractivity contribution in [2.24, 2.45) is 0 Å². The summed E-state index contributed by atoms with van der Waals surface area (Å²) in [5.41, 5.74) is 1.20. The van der Waals surface area contributed by atoms with Crippen LogP contribution in [0.5, 0.6) is 0 Å². The van der Waals surface area contributed by atoms with E-state index in [-0.39, 0.29) is 5.91 Å². The zero-order chi connectivity index (χ0) is 16.4. The number of aliphatic carboxylic acids is 1. The van der Waals surface area contributed by atoms with Gasteiger partial charge >= 0.3 is 5.97 Å². The summed E-state index contributed by atoms with van der Waals surface area (Å²) in [6.45, 7) is 0. The van der Waals surface area contributed by atoms with Crippen LogP contribution < -0.4 is 5.32 Å². The van der Waals surface area contributed by atoms with Gasteiger partial charge in [-0.15, -0.1) is 11.8 Å². The van der Waals surface area contributed by atoms with Crippen LogP contribution >= 0.6 is 11.8 Å². The van der Waals surface area contributed by atoms with Gasteiger partial charge in [0.15, 0.2) is 0 Å². The molecule has 0 spiro atoms. The molecular formula is C18H17NO3S. The van der Waals surface area contributed by atoms with Crippen molar-refractivity contribution in [2.75, 3.05) is 6.26 Å². The molecule has 0 aromatic heterocycles. The molecule has 1 aliphatic rings. The quantitative estimate of drug-likeness (QED) is 0.848. The highest BCUT2D eigenvalue weighted by molar-refractivity contribution is 7.98. The summed E-state index contributed by atoms with van der Waals surface area (Å²) in [5, 5.41) is 12.5. The summed E-state index contributed by atoms with van der Waals surface area (Å²) < 4.78 is 0. The Morgan fingerprint density at radius 3 is 2.17 bits per heavy atom. The highest BCUT2D eigenvalue weighted by Gasteiger charge is 2.45. The summed E-state index contributed by atoms with van der Waals surface area (Å²) in [4.78, 5) is 25.4. The Bertz CT molecular complexity index is 747. The number of carboxylic acids is 1. The molecule has 5 heteroatoms. The Labute approximate surface area is 138 Å². The van der Waals surface area contributed by atoms with E-state index in [9.17, 15) is 14.7 Å². The highest BCUT2D eigenvalue weighted by Crippen LogP contribution is 2.31. The summed E-state index contributed by atoms with van der Waals surface area (Å²) in [7, 11) is 0. The third-order valence-electron chi connectivity index (χ3n) is 4.22. The molecule has 0 atom stereocenters. The average molecular weight is 327 g/mol. The predicted octanol–water partition coefficient (Wildman–Crippen LogP) is 2.76. The predicted molar refractivity (Wildman–Crippen MR) is 89.9 cm³/mol. The van der Waals surface area contributed by atoms with Gasteiger partial charge in [0.2, 0.25) is 0 Å². The van der Waals surface area contributed by atoms with Gasteiger partial charge in [-0.3, -0.25) is 4.79 Å². The monoisotopic (exact) mass is 327 g/mol. The van der Waals surface area contributed by atoms with Crippen LogP contribution in [0.25, 0.3) is 0 Å². The fourth-order valence-corrected chi connectivity index (χ4v) is 3.62. The van der Waals surface area contributed by atoms with Gasteiger partial charge in [-0.25, -0.2) is 4.79 Å². The highest BCUT2D eigenvalue weighted by atomic mass is 32.2. The van der Waals surface area contributed by atoms with Gasteiger partial charge in [-0.1, -0.05) is 36.4 Å². The van der Waals surface area contributed by atoms with E-state index < -0.39 is 11.5 Å². The number of carbonyl (C=O) groups is 2. The van der Waals surface area contributed by atoms with Crippen LogP contribution in [0.1, 0.15) is 21.5 Å². The molecular weight excluding hydrogens is 310 g/mol. The molecule has 0 unspecified atom stereocenters. The van der Waals surface area contributed by atoms with Crippen molar-refractivity contribution < 1.29 is 14.7 Å². The van der Waals surface area contributed by atoms with Crippen LogP contribution in [0.15, 0.2) is 53.4 Å². The lowest BCUT2D eigenvalue weighted by Gasteiger charge is -2.26. The van der Waals surface area contributed by atoms with Crippen molar-refractivity contribution in [3.63, 3.8) is 0 Å². The first kappa shape index (κ1) is 15.6. The lowest BCUT2D eigenvalue weighted by molar-refractivity contribution is -0.144. The second kappa shape index (κ2) is 6.08. The molecule has 0 saturated carbocycles. The largest absolute Gasteiger partial charge is 0.479 e. The van der Waals surface area contributed by atoms with Gasteiger partial charge in [0, 0.05) is 17.7 Å². The molecule has 2 aromatic carbocycles. The van der Waals surface area contributed by atoms with Gasteiger partial charge < -0.3 is 10.4 Å². The molecule has 23 heavy (non-hydrogen) atoms. The SMILES string of the molecule is CSc1ccccc1C(=O)NC1(C(=O)O)Cc2ccccc2C1. The Balaban J connectivity index is 1.90. The second-order valence-electron chi connectivity index (χ2n) is 5.66. The number of hydrogen-bond acceptors (Lipinski definition) is 3. The third kappa shape index (κ3) is 2.84. The Morgan fingerprint density at radius 1 is 1.04 bits per heavy atom. The third-order valence-corrected chi connectivity index (χ3v) is 5.01. The average Bonchev–Trinajstić information content (AvgIpc) is 2.94. The van der Waals surface area contributed by atoms with Gasteiger partial charge in [0.1, 0.15) is 5.54 Å². The number of rotatable bonds is 4. The number of amides is 1. The zero-order valence-electron chi connectivity index (χ0n) is 12.7. The van der Waals surface area contributed by atoms with Crippen LogP contribution in [0.2, 0.25) is 0 Å². The number of benzene rings is 2. The lowest BCUT2D eigenvalue weighted by atomic mass is 9.95. The van der Waals surface area contributed by atoms with Crippen LogP contribution in [-0.4, -0.2) is 28.8 Å². The van der Waals surface area contributed by atoms with E-state index in [1.165, 1.54) is 11.8 Å². The molecule has 2 aromatic rings. The lowest BCUT2D eigenvalue weighted by Crippen LogP contribution is -2.55. The van der Waals surface area contributed by atoms with Crippen molar-refractivity contribution in [3.05, 3.63) is 65.2 Å². The first-order valence-electron chi connectivity index (χ1n) is 7.31.